The van der Waals surface area contributed by atoms with Gasteiger partial charge in [0.25, 0.3) is 5.91 Å². The molecule has 0 unspecified atom stereocenters. The number of nitrogen functional groups attached to an aromatic ring is 1. The van der Waals surface area contributed by atoms with Crippen LogP contribution in [-0.2, 0) is 0 Å². The minimum Gasteiger partial charge on any atom is -0.496 e. The van der Waals surface area contributed by atoms with E-state index in [1.165, 1.54) is 31.6 Å². The number of nitrogens with zero attached hydrogens (tertiary/aromatic N) is 2. The van der Waals surface area contributed by atoms with Gasteiger partial charge in [0, 0.05) is 18.5 Å². The number of amides is 1. The van der Waals surface area contributed by atoms with E-state index in [-0.39, 0.29) is 16.5 Å². The van der Waals surface area contributed by atoms with Crippen LogP contribution in [0.25, 0.3) is 0 Å². The van der Waals surface area contributed by atoms with Gasteiger partial charge in [0.15, 0.2) is 0 Å². The summed E-state index contributed by atoms with van der Waals surface area (Å²) in [4.78, 5) is 19.9. The van der Waals surface area contributed by atoms with Gasteiger partial charge in [-0.25, -0.2) is 9.97 Å². The van der Waals surface area contributed by atoms with Crippen LogP contribution in [0.4, 0.5) is 11.6 Å². The number of halogens is 1. The van der Waals surface area contributed by atoms with Crippen molar-refractivity contribution in [3.63, 3.8) is 0 Å². The molecule has 0 spiro atoms. The van der Waals surface area contributed by atoms with Crippen molar-refractivity contribution in [2.45, 2.75) is 0 Å². The molecule has 2 rings (SSSR count). The third-order valence-electron chi connectivity index (χ3n) is 2.35. The second-order valence-electron chi connectivity index (χ2n) is 3.60. The molecule has 1 aromatic heterocycles. The Morgan fingerprint density at radius 1 is 1.37 bits per heavy atom. The fraction of sp³-hybridized carbons (Fsp3) is 0.0833. The zero-order chi connectivity index (χ0) is 13.8. The average molecular weight is 279 g/mol. The highest BCUT2D eigenvalue weighted by molar-refractivity contribution is 6.33. The Morgan fingerprint density at radius 3 is 2.68 bits per heavy atom. The Hall–Kier alpha value is -2.34. The smallest absolute Gasteiger partial charge is 0.261 e. The zero-order valence-corrected chi connectivity index (χ0v) is 10.8. The molecule has 0 saturated heterocycles. The number of nitrogens with one attached hydrogen (secondary N) is 1. The van der Waals surface area contributed by atoms with Crippen LogP contribution in [-0.4, -0.2) is 23.0 Å². The first kappa shape index (κ1) is 13.1. The zero-order valence-electron chi connectivity index (χ0n) is 10.1. The molecule has 0 aliphatic heterocycles. The molecule has 6 nitrogen and oxygen atoms in total. The number of rotatable bonds is 3. The van der Waals surface area contributed by atoms with Gasteiger partial charge < -0.3 is 10.5 Å². The van der Waals surface area contributed by atoms with E-state index < -0.39 is 5.91 Å². The molecule has 0 saturated carbocycles. The molecule has 19 heavy (non-hydrogen) atoms. The lowest BCUT2D eigenvalue weighted by Crippen LogP contribution is -2.15. The third-order valence-corrected chi connectivity index (χ3v) is 2.68. The van der Waals surface area contributed by atoms with Gasteiger partial charge in [-0.2, -0.15) is 0 Å². The molecule has 0 aliphatic carbocycles. The average Bonchev–Trinajstić information content (AvgIpc) is 2.42. The van der Waals surface area contributed by atoms with Crippen LogP contribution in [0.15, 0.2) is 30.6 Å². The van der Waals surface area contributed by atoms with E-state index in [9.17, 15) is 4.79 Å². The van der Waals surface area contributed by atoms with Crippen LogP contribution in [0.1, 0.15) is 10.4 Å². The molecule has 1 heterocycles. The molecular formula is C12H11ClN4O2. The van der Waals surface area contributed by atoms with E-state index in [1.807, 2.05) is 0 Å². The van der Waals surface area contributed by atoms with Crippen molar-refractivity contribution < 1.29 is 9.53 Å². The van der Waals surface area contributed by atoms with Gasteiger partial charge in [-0.15, -0.1) is 0 Å². The van der Waals surface area contributed by atoms with Gasteiger partial charge >= 0.3 is 0 Å². The normalized spacial score (nSPS) is 10.0. The highest BCUT2D eigenvalue weighted by Crippen LogP contribution is 2.29. The summed E-state index contributed by atoms with van der Waals surface area (Å²) in [5, 5.41) is 2.82. The second kappa shape index (κ2) is 5.53. The molecule has 0 atom stereocenters. The topological polar surface area (TPSA) is 90.1 Å². The van der Waals surface area contributed by atoms with Crippen LogP contribution in [0.5, 0.6) is 5.75 Å². The van der Waals surface area contributed by atoms with Crippen molar-refractivity contribution in [3.8, 4) is 5.75 Å². The fourth-order valence-corrected chi connectivity index (χ4v) is 1.61. The number of anilines is 2. The summed E-state index contributed by atoms with van der Waals surface area (Å²) in [5.41, 5.74) is 6.25. The number of carbonyl (C=O) groups is 1. The van der Waals surface area contributed by atoms with Crippen LogP contribution >= 0.6 is 11.6 Å². The summed E-state index contributed by atoms with van der Waals surface area (Å²) < 4.78 is 5.10. The molecule has 98 valence electrons. The highest BCUT2D eigenvalue weighted by atomic mass is 35.5. The third kappa shape index (κ3) is 2.92. The van der Waals surface area contributed by atoms with E-state index in [2.05, 4.69) is 15.3 Å². The van der Waals surface area contributed by atoms with E-state index in [1.54, 1.807) is 6.07 Å². The molecule has 1 aromatic carbocycles. The lowest BCUT2D eigenvalue weighted by molar-refractivity contribution is 0.102. The lowest BCUT2D eigenvalue weighted by Gasteiger charge is -2.10. The summed E-state index contributed by atoms with van der Waals surface area (Å²) in [6.07, 6.45) is 3.05. The second-order valence-corrected chi connectivity index (χ2v) is 4.01. The maximum Gasteiger partial charge on any atom is 0.261 e. The largest absolute Gasteiger partial charge is 0.496 e. The van der Waals surface area contributed by atoms with E-state index in [0.717, 1.165) is 0 Å². The Morgan fingerprint density at radius 2 is 2.05 bits per heavy atom. The predicted octanol–water partition coefficient (Wildman–Crippen LogP) is 1.97. The number of hydrogen-bond donors (Lipinski definition) is 2. The van der Waals surface area contributed by atoms with Gasteiger partial charge in [0.2, 0.25) is 5.95 Å². The van der Waals surface area contributed by atoms with Crippen LogP contribution in [0, 0.1) is 0 Å². The lowest BCUT2D eigenvalue weighted by atomic mass is 10.1. The van der Waals surface area contributed by atoms with Crippen molar-refractivity contribution in [1.82, 2.24) is 9.97 Å². The molecule has 0 radical (unpaired) electrons. The first-order chi connectivity index (χ1) is 9.11. The molecule has 3 N–H and O–H groups in total. The number of aromatic nitrogens is 2. The summed E-state index contributed by atoms with van der Waals surface area (Å²) >= 11 is 5.90. The molecular weight excluding hydrogens is 268 g/mol. The number of carbonyl (C=O) groups excluding carboxylic acids is 1. The van der Waals surface area contributed by atoms with Gasteiger partial charge in [0.05, 0.1) is 23.4 Å². The van der Waals surface area contributed by atoms with Crippen molar-refractivity contribution in [1.29, 1.82) is 0 Å². The van der Waals surface area contributed by atoms with Gasteiger partial charge in [-0.3, -0.25) is 10.1 Å². The van der Waals surface area contributed by atoms with Crippen molar-refractivity contribution in [2.75, 3.05) is 18.2 Å². The molecule has 2 aromatic rings. The molecule has 0 fully saturated rings. The fourth-order valence-electron chi connectivity index (χ4n) is 1.45. The highest BCUT2D eigenvalue weighted by Gasteiger charge is 2.15. The first-order valence-electron chi connectivity index (χ1n) is 5.33. The van der Waals surface area contributed by atoms with Crippen LogP contribution in [0.3, 0.4) is 0 Å². The van der Waals surface area contributed by atoms with Gasteiger partial charge in [-0.1, -0.05) is 11.6 Å². The quantitative estimate of drug-likeness (QED) is 0.838. The monoisotopic (exact) mass is 278 g/mol. The van der Waals surface area contributed by atoms with E-state index >= 15 is 0 Å². The number of hydrogen-bond acceptors (Lipinski definition) is 5. The van der Waals surface area contributed by atoms with Crippen LogP contribution < -0.4 is 15.8 Å². The SMILES string of the molecule is COc1cc(N)c(Cl)cc1C(=O)Nc1ncccn1. The summed E-state index contributed by atoms with van der Waals surface area (Å²) in [6.45, 7) is 0. The number of ether oxygens (including phenoxy) is 1. The summed E-state index contributed by atoms with van der Waals surface area (Å²) in [6, 6.07) is 4.58. The maximum absolute atomic E-state index is 12.1. The van der Waals surface area contributed by atoms with E-state index in [0.29, 0.717) is 11.4 Å². The van der Waals surface area contributed by atoms with Crippen molar-refractivity contribution >= 4 is 29.1 Å². The Labute approximate surface area is 114 Å². The molecule has 1 amide bonds. The van der Waals surface area contributed by atoms with Crippen molar-refractivity contribution in [3.05, 3.63) is 41.2 Å². The Balaban J connectivity index is 2.31. The summed E-state index contributed by atoms with van der Waals surface area (Å²) in [7, 11) is 1.44. The number of methoxy groups -OCH3 is 1. The van der Waals surface area contributed by atoms with E-state index in [4.69, 9.17) is 22.1 Å². The van der Waals surface area contributed by atoms with Gasteiger partial charge in [0.1, 0.15) is 5.75 Å². The maximum atomic E-state index is 12.1. The summed E-state index contributed by atoms with van der Waals surface area (Å²) in [5.74, 6) is 0.0998. The Bertz CT molecular complexity index is 604. The van der Waals surface area contributed by atoms with Crippen LogP contribution in [0.2, 0.25) is 5.02 Å². The molecule has 0 bridgehead atoms. The number of nitrogens with two attached hydrogens (primary N) is 1. The molecule has 0 aliphatic rings. The van der Waals surface area contributed by atoms with Crippen molar-refractivity contribution in [2.24, 2.45) is 0 Å². The first-order valence-corrected chi connectivity index (χ1v) is 5.71. The predicted molar refractivity (Wildman–Crippen MR) is 72.4 cm³/mol. The number of benzene rings is 1. The molecule has 7 heteroatoms. The minimum atomic E-state index is -0.426. The van der Waals surface area contributed by atoms with Gasteiger partial charge in [-0.05, 0) is 12.1 Å². The minimum absolute atomic E-state index is 0.197. The standard InChI is InChI=1S/C12H11ClN4O2/c1-19-10-6-9(14)8(13)5-7(10)11(18)17-12-15-3-2-4-16-12/h2-6H,14H2,1H3,(H,15,16,17,18). The Kier molecular flexibility index (Phi) is 3.82.